The molecule has 0 atom stereocenters. The second kappa shape index (κ2) is 7.96. The number of nitrogens with zero attached hydrogens (tertiary/aromatic N) is 4. The van der Waals surface area contributed by atoms with Gasteiger partial charge in [0.15, 0.2) is 17.3 Å². The summed E-state index contributed by atoms with van der Waals surface area (Å²) in [4.78, 5) is 27.4. The predicted molar refractivity (Wildman–Crippen MR) is 96.5 cm³/mol. The molecule has 1 N–H and O–H groups in total. The molecule has 0 unspecified atom stereocenters. The maximum atomic E-state index is 13.9. The van der Waals surface area contributed by atoms with Gasteiger partial charge >= 0.3 is 6.09 Å². The van der Waals surface area contributed by atoms with Gasteiger partial charge in [0.1, 0.15) is 16.4 Å². The third kappa shape index (κ3) is 3.78. The van der Waals surface area contributed by atoms with Gasteiger partial charge in [0.05, 0.1) is 6.61 Å². The fourth-order valence-electron chi connectivity index (χ4n) is 2.06. The van der Waals surface area contributed by atoms with Crippen molar-refractivity contribution in [3.63, 3.8) is 0 Å². The van der Waals surface area contributed by atoms with Gasteiger partial charge in [-0.3, -0.25) is 0 Å². The predicted octanol–water partition coefficient (Wildman–Crippen LogP) is 4.20. The van der Waals surface area contributed by atoms with Gasteiger partial charge in [-0.25, -0.2) is 28.5 Å². The normalized spacial score (nSPS) is 10.9. The summed E-state index contributed by atoms with van der Waals surface area (Å²) < 4.78 is 33.8. The molecular formula is C15H12BrF2N5O2S. The minimum Gasteiger partial charge on any atom is -0.449 e. The van der Waals surface area contributed by atoms with Crippen LogP contribution in [0.15, 0.2) is 29.1 Å². The second-order valence-corrected chi connectivity index (χ2v) is 6.56. The van der Waals surface area contributed by atoms with Crippen molar-refractivity contribution in [3.8, 4) is 0 Å². The van der Waals surface area contributed by atoms with Crippen molar-refractivity contribution >= 4 is 51.1 Å². The van der Waals surface area contributed by atoms with Gasteiger partial charge in [-0.1, -0.05) is 12.1 Å². The van der Waals surface area contributed by atoms with Crippen LogP contribution in [0.25, 0.3) is 11.2 Å². The maximum absolute atomic E-state index is 13.9. The van der Waals surface area contributed by atoms with E-state index in [0.717, 1.165) is 22.3 Å². The summed E-state index contributed by atoms with van der Waals surface area (Å²) in [5.74, 6) is -1.77. The van der Waals surface area contributed by atoms with Gasteiger partial charge in [0.25, 0.3) is 0 Å². The molecule has 0 saturated heterocycles. The van der Waals surface area contributed by atoms with Crippen LogP contribution in [-0.2, 0) is 10.5 Å². The largest absolute Gasteiger partial charge is 0.449 e. The monoisotopic (exact) mass is 443 g/mol. The molecule has 1 amide bonds. The van der Waals surface area contributed by atoms with Gasteiger partial charge in [0, 0.05) is 11.3 Å². The Morgan fingerprint density at radius 3 is 2.92 bits per heavy atom. The highest BCUT2D eigenvalue weighted by Crippen LogP contribution is 2.28. The Labute approximate surface area is 159 Å². The molecule has 0 aliphatic carbocycles. The van der Waals surface area contributed by atoms with Crippen LogP contribution in [0.4, 0.5) is 19.5 Å². The Balaban J connectivity index is 1.90. The highest BCUT2D eigenvalue weighted by molar-refractivity contribution is 9.10. The molecule has 3 rings (SSSR count). The van der Waals surface area contributed by atoms with Crippen LogP contribution in [-0.4, -0.2) is 32.6 Å². The van der Waals surface area contributed by atoms with Crippen molar-refractivity contribution in [1.29, 1.82) is 0 Å². The lowest BCUT2D eigenvalue weighted by molar-refractivity contribution is 0.164. The molecular weight excluding hydrogens is 432 g/mol. The number of aromatic amines is 1. The van der Waals surface area contributed by atoms with Gasteiger partial charge in [0.2, 0.25) is 5.95 Å². The van der Waals surface area contributed by atoms with E-state index in [9.17, 15) is 13.6 Å². The molecule has 3 aromatic rings. The lowest BCUT2D eigenvalue weighted by Gasteiger charge is -2.17. The number of nitrogens with one attached hydrogen (secondary N) is 1. The minimum absolute atomic E-state index is 0.00764. The summed E-state index contributed by atoms with van der Waals surface area (Å²) in [5.41, 5.74) is 0.949. The molecule has 2 heterocycles. The van der Waals surface area contributed by atoms with Crippen LogP contribution >= 0.6 is 27.9 Å². The van der Waals surface area contributed by atoms with Crippen LogP contribution in [0.3, 0.4) is 0 Å². The van der Waals surface area contributed by atoms with E-state index >= 15 is 0 Å². The van der Waals surface area contributed by atoms with Crippen molar-refractivity contribution in [1.82, 2.24) is 19.9 Å². The van der Waals surface area contributed by atoms with Crippen LogP contribution in [0.5, 0.6) is 0 Å². The number of imidazole rings is 1. The third-order valence-electron chi connectivity index (χ3n) is 3.23. The molecule has 0 aliphatic rings. The number of fused-ring (bicyclic) bond motifs is 1. The number of carbonyl (C=O) groups excluding carboxylic acids is 1. The second-order valence-electron chi connectivity index (χ2n) is 4.90. The number of amides is 1. The molecule has 0 radical (unpaired) electrons. The molecule has 0 spiro atoms. The molecule has 0 fully saturated rings. The van der Waals surface area contributed by atoms with Crippen molar-refractivity contribution in [2.45, 2.75) is 12.7 Å². The SMILES string of the molecule is CCOC(=O)N(SCc1cccc(F)c1F)c1nc2c(Br)ncnc2[nH]1. The minimum atomic E-state index is -0.956. The molecule has 26 heavy (non-hydrogen) atoms. The summed E-state index contributed by atoms with van der Waals surface area (Å²) in [6, 6.07) is 3.87. The molecule has 1 aromatic carbocycles. The number of rotatable bonds is 5. The Morgan fingerprint density at radius 2 is 2.19 bits per heavy atom. The Bertz CT molecular complexity index is 955. The van der Waals surface area contributed by atoms with Gasteiger partial charge < -0.3 is 9.72 Å². The lowest BCUT2D eigenvalue weighted by atomic mass is 10.2. The van der Waals surface area contributed by atoms with E-state index in [1.54, 1.807) is 6.92 Å². The number of benzene rings is 1. The highest BCUT2D eigenvalue weighted by atomic mass is 79.9. The van der Waals surface area contributed by atoms with E-state index in [1.807, 2.05) is 0 Å². The average molecular weight is 444 g/mol. The van der Waals surface area contributed by atoms with Gasteiger partial charge in [-0.15, -0.1) is 0 Å². The Kier molecular flexibility index (Phi) is 5.67. The first-order valence-electron chi connectivity index (χ1n) is 7.40. The summed E-state index contributed by atoms with van der Waals surface area (Å²) >= 11 is 4.17. The molecule has 11 heteroatoms. The summed E-state index contributed by atoms with van der Waals surface area (Å²) in [5, 5.41) is 0. The zero-order chi connectivity index (χ0) is 18.7. The van der Waals surface area contributed by atoms with Gasteiger partial charge in [-0.05, 0) is 40.9 Å². The summed E-state index contributed by atoms with van der Waals surface area (Å²) in [7, 11) is 0. The van der Waals surface area contributed by atoms with Crippen molar-refractivity contribution in [3.05, 3.63) is 46.3 Å². The molecule has 0 aliphatic heterocycles. The van der Waals surface area contributed by atoms with E-state index in [2.05, 4.69) is 35.9 Å². The van der Waals surface area contributed by atoms with E-state index in [1.165, 1.54) is 18.5 Å². The Hall–Kier alpha value is -2.27. The number of carbonyl (C=O) groups is 1. The first-order chi connectivity index (χ1) is 12.5. The highest BCUT2D eigenvalue weighted by Gasteiger charge is 2.23. The lowest BCUT2D eigenvalue weighted by Crippen LogP contribution is -2.26. The van der Waals surface area contributed by atoms with Crippen molar-refractivity contribution in [2.24, 2.45) is 0 Å². The smallest absolute Gasteiger partial charge is 0.427 e. The van der Waals surface area contributed by atoms with Crippen LogP contribution in [0, 0.1) is 11.6 Å². The number of hydrogen-bond acceptors (Lipinski definition) is 6. The molecule has 0 saturated carbocycles. The molecule has 136 valence electrons. The number of ether oxygens (including phenoxy) is 1. The molecule has 7 nitrogen and oxygen atoms in total. The van der Waals surface area contributed by atoms with Crippen molar-refractivity contribution in [2.75, 3.05) is 10.9 Å². The van der Waals surface area contributed by atoms with Crippen molar-refractivity contribution < 1.29 is 18.3 Å². The number of anilines is 1. The number of hydrogen-bond donors (Lipinski definition) is 1. The van der Waals surface area contributed by atoms with Crippen LogP contribution in [0.1, 0.15) is 12.5 Å². The zero-order valence-corrected chi connectivity index (χ0v) is 15.8. The van der Waals surface area contributed by atoms with Crippen LogP contribution in [0.2, 0.25) is 0 Å². The van der Waals surface area contributed by atoms with E-state index in [-0.39, 0.29) is 23.9 Å². The zero-order valence-electron chi connectivity index (χ0n) is 13.4. The number of aromatic nitrogens is 4. The van der Waals surface area contributed by atoms with E-state index in [0.29, 0.717) is 15.8 Å². The standard InChI is InChI=1S/C15H12BrF2N5O2S/c1-2-25-15(24)23(26-6-8-4-3-5-9(17)10(8)18)14-21-11-12(16)19-7-20-13(11)22-14/h3-5,7H,2,6H2,1H3,(H,19,20,21,22). The van der Waals surface area contributed by atoms with E-state index < -0.39 is 17.7 Å². The maximum Gasteiger partial charge on any atom is 0.427 e. The first kappa shape index (κ1) is 18.5. The summed E-state index contributed by atoms with van der Waals surface area (Å²) in [6.45, 7) is 1.81. The Morgan fingerprint density at radius 1 is 1.38 bits per heavy atom. The molecule has 2 aromatic heterocycles. The topological polar surface area (TPSA) is 84.0 Å². The van der Waals surface area contributed by atoms with Crippen LogP contribution < -0.4 is 4.31 Å². The third-order valence-corrected chi connectivity index (χ3v) is 4.83. The number of halogens is 3. The molecule has 0 bridgehead atoms. The van der Waals surface area contributed by atoms with E-state index in [4.69, 9.17) is 4.74 Å². The average Bonchev–Trinajstić information content (AvgIpc) is 3.04. The first-order valence-corrected chi connectivity index (χ1v) is 9.13. The fourth-order valence-corrected chi connectivity index (χ4v) is 3.29. The number of H-pyrrole nitrogens is 1. The summed E-state index contributed by atoms with van der Waals surface area (Å²) in [6.07, 6.45) is 0.635. The van der Waals surface area contributed by atoms with Gasteiger partial charge in [-0.2, -0.15) is 4.31 Å². The fraction of sp³-hybridized carbons (Fsp3) is 0.200. The quantitative estimate of drug-likeness (QED) is 0.469.